The van der Waals surface area contributed by atoms with Crippen LogP contribution in [0.3, 0.4) is 0 Å². The molecule has 0 saturated heterocycles. The normalized spacial score (nSPS) is 22.5. The average Bonchev–Trinajstić information content (AvgIpc) is 2.41. The van der Waals surface area contributed by atoms with E-state index in [2.05, 4.69) is 12.2 Å². The summed E-state index contributed by atoms with van der Waals surface area (Å²) in [6.07, 6.45) is 7.27. The fourth-order valence-corrected chi connectivity index (χ4v) is 3.16. The molecule has 0 bridgehead atoms. The van der Waals surface area contributed by atoms with Gasteiger partial charge in [0.05, 0.1) is 5.56 Å². The van der Waals surface area contributed by atoms with Gasteiger partial charge in [-0.1, -0.05) is 25.8 Å². The summed E-state index contributed by atoms with van der Waals surface area (Å²) in [5.41, 5.74) is 8.19. The van der Waals surface area contributed by atoms with Gasteiger partial charge >= 0.3 is 0 Å². The maximum atomic E-state index is 12.3. The summed E-state index contributed by atoms with van der Waals surface area (Å²) in [4.78, 5) is 12.3. The molecule has 1 fully saturated rings. The largest absolute Gasteiger partial charge is 0.398 e. The number of nitrogens with two attached hydrogens (primary N) is 1. The fourth-order valence-electron chi connectivity index (χ4n) is 3.16. The van der Waals surface area contributed by atoms with Gasteiger partial charge < -0.3 is 11.1 Å². The summed E-state index contributed by atoms with van der Waals surface area (Å²) in [6.45, 7) is 4.22. The van der Waals surface area contributed by atoms with Crippen molar-refractivity contribution in [2.45, 2.75) is 58.4 Å². The minimum atomic E-state index is -0.0264. The van der Waals surface area contributed by atoms with Crippen molar-refractivity contribution in [3.63, 3.8) is 0 Å². The molecule has 0 spiro atoms. The Morgan fingerprint density at radius 3 is 2.60 bits per heavy atom. The molecule has 0 atom stereocenters. The van der Waals surface area contributed by atoms with Crippen molar-refractivity contribution < 1.29 is 4.79 Å². The lowest BCUT2D eigenvalue weighted by Gasteiger charge is -2.29. The van der Waals surface area contributed by atoms with Crippen LogP contribution in [0.2, 0.25) is 0 Å². The molecule has 3 nitrogen and oxygen atoms in total. The van der Waals surface area contributed by atoms with Gasteiger partial charge in [-0.25, -0.2) is 0 Å². The van der Waals surface area contributed by atoms with Crippen molar-refractivity contribution in [2.75, 3.05) is 5.73 Å². The van der Waals surface area contributed by atoms with E-state index in [0.29, 0.717) is 17.3 Å². The zero-order valence-corrected chi connectivity index (χ0v) is 12.6. The van der Waals surface area contributed by atoms with E-state index in [4.69, 9.17) is 5.73 Å². The van der Waals surface area contributed by atoms with Gasteiger partial charge in [0, 0.05) is 11.7 Å². The third-order valence-electron chi connectivity index (χ3n) is 4.33. The van der Waals surface area contributed by atoms with Crippen molar-refractivity contribution in [1.82, 2.24) is 5.32 Å². The minimum absolute atomic E-state index is 0.0264. The number of carbonyl (C=O) groups excluding carboxylic acids is 1. The van der Waals surface area contributed by atoms with Gasteiger partial charge in [-0.2, -0.15) is 0 Å². The van der Waals surface area contributed by atoms with Gasteiger partial charge in [0.25, 0.3) is 5.91 Å². The molecule has 0 unspecified atom stereocenters. The molecule has 1 saturated carbocycles. The van der Waals surface area contributed by atoms with Crippen LogP contribution in [0.4, 0.5) is 5.69 Å². The van der Waals surface area contributed by atoms with Gasteiger partial charge in [-0.3, -0.25) is 4.79 Å². The van der Waals surface area contributed by atoms with Gasteiger partial charge in [0.1, 0.15) is 0 Å². The molecule has 0 radical (unpaired) electrons. The molecule has 1 aliphatic rings. The van der Waals surface area contributed by atoms with Crippen LogP contribution < -0.4 is 11.1 Å². The third kappa shape index (κ3) is 3.75. The molecule has 1 aromatic rings. The molecule has 0 heterocycles. The lowest BCUT2D eigenvalue weighted by Crippen LogP contribution is -2.37. The standard InChI is InChI=1S/C17H26N2O/c1-3-4-13-6-8-14(9-7-13)19-17(20)15-10-5-12(2)11-16(15)18/h5,10-11,13-14H,3-4,6-9,18H2,1-2H3,(H,19,20). The van der Waals surface area contributed by atoms with Crippen LogP contribution in [0.15, 0.2) is 18.2 Å². The van der Waals surface area contributed by atoms with Crippen molar-refractivity contribution >= 4 is 11.6 Å². The Balaban J connectivity index is 1.89. The first-order chi connectivity index (χ1) is 9.60. The van der Waals surface area contributed by atoms with E-state index < -0.39 is 0 Å². The van der Waals surface area contributed by atoms with Crippen LogP contribution in [0, 0.1) is 12.8 Å². The zero-order valence-electron chi connectivity index (χ0n) is 12.6. The number of nitrogen functional groups attached to an aromatic ring is 1. The Kier molecular flexibility index (Phi) is 5.05. The molecular weight excluding hydrogens is 248 g/mol. The van der Waals surface area contributed by atoms with Crippen molar-refractivity contribution in [3.05, 3.63) is 29.3 Å². The number of hydrogen-bond acceptors (Lipinski definition) is 2. The first-order valence-electron chi connectivity index (χ1n) is 7.77. The molecule has 1 aromatic carbocycles. The monoisotopic (exact) mass is 274 g/mol. The number of hydrogen-bond donors (Lipinski definition) is 2. The predicted molar refractivity (Wildman–Crippen MR) is 83.7 cm³/mol. The molecule has 2 rings (SSSR count). The van der Waals surface area contributed by atoms with E-state index in [-0.39, 0.29) is 5.91 Å². The fraction of sp³-hybridized carbons (Fsp3) is 0.588. The summed E-state index contributed by atoms with van der Waals surface area (Å²) in [7, 11) is 0. The Hall–Kier alpha value is -1.51. The van der Waals surface area contributed by atoms with E-state index in [1.54, 1.807) is 0 Å². The summed E-state index contributed by atoms with van der Waals surface area (Å²) >= 11 is 0. The molecular formula is C17H26N2O. The van der Waals surface area contributed by atoms with Crippen LogP contribution in [0.25, 0.3) is 0 Å². The number of benzene rings is 1. The number of rotatable bonds is 4. The topological polar surface area (TPSA) is 55.1 Å². The van der Waals surface area contributed by atoms with Crippen LogP contribution in [0.1, 0.15) is 61.4 Å². The highest BCUT2D eigenvalue weighted by molar-refractivity contribution is 5.99. The second kappa shape index (κ2) is 6.78. The van der Waals surface area contributed by atoms with Gasteiger partial charge in [0.2, 0.25) is 0 Å². The van der Waals surface area contributed by atoms with E-state index in [1.807, 2.05) is 25.1 Å². The molecule has 0 aromatic heterocycles. The van der Waals surface area contributed by atoms with E-state index in [0.717, 1.165) is 24.3 Å². The molecule has 20 heavy (non-hydrogen) atoms. The highest BCUT2D eigenvalue weighted by Gasteiger charge is 2.22. The Labute approximate surface area is 121 Å². The first-order valence-corrected chi connectivity index (χ1v) is 7.77. The van der Waals surface area contributed by atoms with Crippen molar-refractivity contribution in [2.24, 2.45) is 5.92 Å². The molecule has 0 aliphatic heterocycles. The third-order valence-corrected chi connectivity index (χ3v) is 4.33. The molecule has 3 heteroatoms. The predicted octanol–water partition coefficient (Wildman–Crippen LogP) is 3.67. The van der Waals surface area contributed by atoms with Gasteiger partial charge in [0.15, 0.2) is 0 Å². The number of aryl methyl sites for hydroxylation is 1. The van der Waals surface area contributed by atoms with Gasteiger partial charge in [-0.15, -0.1) is 0 Å². The molecule has 3 N–H and O–H groups in total. The number of anilines is 1. The highest BCUT2D eigenvalue weighted by Crippen LogP contribution is 2.28. The number of amides is 1. The maximum absolute atomic E-state index is 12.3. The van der Waals surface area contributed by atoms with Crippen LogP contribution in [0.5, 0.6) is 0 Å². The second-order valence-corrected chi connectivity index (χ2v) is 6.07. The number of carbonyl (C=O) groups is 1. The Morgan fingerprint density at radius 2 is 2.00 bits per heavy atom. The lowest BCUT2D eigenvalue weighted by atomic mass is 9.83. The lowest BCUT2D eigenvalue weighted by molar-refractivity contribution is 0.0922. The summed E-state index contributed by atoms with van der Waals surface area (Å²) in [5, 5.41) is 3.14. The minimum Gasteiger partial charge on any atom is -0.398 e. The summed E-state index contributed by atoms with van der Waals surface area (Å²) in [6, 6.07) is 5.93. The zero-order chi connectivity index (χ0) is 14.5. The van der Waals surface area contributed by atoms with E-state index in [1.165, 1.54) is 25.7 Å². The van der Waals surface area contributed by atoms with Crippen molar-refractivity contribution in [1.29, 1.82) is 0 Å². The van der Waals surface area contributed by atoms with Crippen molar-refractivity contribution in [3.8, 4) is 0 Å². The summed E-state index contributed by atoms with van der Waals surface area (Å²) in [5.74, 6) is 0.832. The average molecular weight is 274 g/mol. The maximum Gasteiger partial charge on any atom is 0.253 e. The smallest absolute Gasteiger partial charge is 0.253 e. The SMILES string of the molecule is CCCC1CCC(NC(=O)c2ccc(C)cc2N)CC1. The van der Waals surface area contributed by atoms with Crippen LogP contribution in [-0.4, -0.2) is 11.9 Å². The summed E-state index contributed by atoms with van der Waals surface area (Å²) < 4.78 is 0. The van der Waals surface area contributed by atoms with Gasteiger partial charge in [-0.05, 0) is 56.2 Å². The molecule has 110 valence electrons. The molecule has 1 amide bonds. The first kappa shape index (κ1) is 14.9. The quantitative estimate of drug-likeness (QED) is 0.823. The second-order valence-electron chi connectivity index (χ2n) is 6.07. The highest BCUT2D eigenvalue weighted by atomic mass is 16.1. The Bertz CT molecular complexity index is 462. The van der Waals surface area contributed by atoms with E-state index in [9.17, 15) is 4.79 Å². The van der Waals surface area contributed by atoms with E-state index >= 15 is 0 Å². The van der Waals surface area contributed by atoms with Crippen LogP contribution in [-0.2, 0) is 0 Å². The molecule has 1 aliphatic carbocycles. The number of nitrogens with one attached hydrogen (secondary N) is 1. The van der Waals surface area contributed by atoms with Crippen LogP contribution >= 0.6 is 0 Å². The Morgan fingerprint density at radius 1 is 1.30 bits per heavy atom.